The Hall–Kier alpha value is -1.58. The lowest BCUT2D eigenvalue weighted by atomic mass is 10.1. The van der Waals surface area contributed by atoms with Crippen molar-refractivity contribution in [2.75, 3.05) is 0 Å². The summed E-state index contributed by atoms with van der Waals surface area (Å²) in [6, 6.07) is 13.1. The first-order valence-electron chi connectivity index (χ1n) is 5.23. The Morgan fingerprint density at radius 1 is 1.00 bits per heavy atom. The largest absolute Gasteiger partial charge is 0.326 e. The van der Waals surface area contributed by atoms with Crippen LogP contribution in [-0.4, -0.2) is 4.57 Å². The molecular formula is C13H15ClN2O. The van der Waals surface area contributed by atoms with E-state index in [1.807, 2.05) is 30.3 Å². The van der Waals surface area contributed by atoms with Crippen LogP contribution in [0.4, 0.5) is 0 Å². The van der Waals surface area contributed by atoms with Crippen LogP contribution in [0.5, 0.6) is 0 Å². The van der Waals surface area contributed by atoms with E-state index in [4.69, 9.17) is 5.73 Å². The molecule has 0 saturated heterocycles. The minimum Gasteiger partial charge on any atom is -0.326 e. The molecule has 0 fully saturated rings. The van der Waals surface area contributed by atoms with Crippen LogP contribution in [-0.2, 0) is 13.1 Å². The van der Waals surface area contributed by atoms with E-state index < -0.39 is 0 Å². The molecule has 0 unspecified atom stereocenters. The smallest absolute Gasteiger partial charge is 0.250 e. The molecule has 2 N–H and O–H groups in total. The van der Waals surface area contributed by atoms with Crippen molar-refractivity contribution in [3.8, 4) is 0 Å². The van der Waals surface area contributed by atoms with Crippen LogP contribution in [0.3, 0.4) is 0 Å². The van der Waals surface area contributed by atoms with E-state index in [-0.39, 0.29) is 18.0 Å². The predicted octanol–water partition coefficient (Wildman–Crippen LogP) is 1.78. The van der Waals surface area contributed by atoms with Crippen molar-refractivity contribution in [1.82, 2.24) is 4.57 Å². The summed E-state index contributed by atoms with van der Waals surface area (Å²) in [6.07, 6.45) is 1.79. The minimum atomic E-state index is 0. The van der Waals surface area contributed by atoms with Crippen molar-refractivity contribution < 1.29 is 0 Å². The normalized spacial score (nSPS) is 9.71. The Labute approximate surface area is 106 Å². The van der Waals surface area contributed by atoms with E-state index in [0.29, 0.717) is 13.1 Å². The molecule has 0 atom stereocenters. The van der Waals surface area contributed by atoms with E-state index in [2.05, 4.69) is 0 Å². The number of nitrogens with two attached hydrogens (primary N) is 1. The topological polar surface area (TPSA) is 48.0 Å². The quantitative estimate of drug-likeness (QED) is 0.903. The van der Waals surface area contributed by atoms with Gasteiger partial charge in [0.1, 0.15) is 0 Å². The predicted molar refractivity (Wildman–Crippen MR) is 71.4 cm³/mol. The molecule has 0 saturated carbocycles. The lowest BCUT2D eigenvalue weighted by Gasteiger charge is -2.05. The van der Waals surface area contributed by atoms with Gasteiger partial charge in [-0.1, -0.05) is 30.3 Å². The van der Waals surface area contributed by atoms with Gasteiger partial charge in [0.15, 0.2) is 0 Å². The van der Waals surface area contributed by atoms with Crippen molar-refractivity contribution >= 4 is 12.4 Å². The molecule has 0 aliphatic rings. The number of halogens is 1. The summed E-state index contributed by atoms with van der Waals surface area (Å²) in [4.78, 5) is 11.5. The first-order chi connectivity index (χ1) is 7.79. The molecule has 0 spiro atoms. The lowest BCUT2D eigenvalue weighted by Crippen LogP contribution is -2.18. The average Bonchev–Trinajstić information content (AvgIpc) is 2.33. The van der Waals surface area contributed by atoms with E-state index >= 15 is 0 Å². The van der Waals surface area contributed by atoms with E-state index in [1.165, 1.54) is 0 Å². The standard InChI is InChI=1S/C13H14N2O.ClH/c14-9-11-4-6-12(7-5-11)10-15-8-2-1-3-13(15)16;/h1-8H,9-10,14H2;1H. The second-order valence-electron chi connectivity index (χ2n) is 3.69. The molecule has 0 aliphatic carbocycles. The molecule has 3 nitrogen and oxygen atoms in total. The number of nitrogens with zero attached hydrogens (tertiary/aromatic N) is 1. The van der Waals surface area contributed by atoms with Gasteiger partial charge in [0, 0.05) is 18.8 Å². The molecule has 1 heterocycles. The SMILES string of the molecule is Cl.NCc1ccc(Cn2ccccc2=O)cc1. The number of aromatic nitrogens is 1. The highest BCUT2D eigenvalue weighted by Crippen LogP contribution is 2.04. The molecule has 90 valence electrons. The van der Waals surface area contributed by atoms with Crippen molar-refractivity contribution in [1.29, 1.82) is 0 Å². The maximum Gasteiger partial charge on any atom is 0.250 e. The zero-order chi connectivity index (χ0) is 11.4. The summed E-state index contributed by atoms with van der Waals surface area (Å²) in [5, 5.41) is 0. The molecule has 1 aromatic carbocycles. The van der Waals surface area contributed by atoms with Gasteiger partial charge in [-0.3, -0.25) is 4.79 Å². The fourth-order valence-electron chi connectivity index (χ4n) is 1.57. The highest BCUT2D eigenvalue weighted by atomic mass is 35.5. The monoisotopic (exact) mass is 250 g/mol. The first-order valence-corrected chi connectivity index (χ1v) is 5.23. The molecule has 0 radical (unpaired) electrons. The van der Waals surface area contributed by atoms with Crippen LogP contribution in [0.2, 0.25) is 0 Å². The van der Waals surface area contributed by atoms with E-state index in [1.54, 1.807) is 22.9 Å². The van der Waals surface area contributed by atoms with Gasteiger partial charge in [-0.25, -0.2) is 0 Å². The Bertz CT molecular complexity index is 519. The highest BCUT2D eigenvalue weighted by molar-refractivity contribution is 5.85. The summed E-state index contributed by atoms with van der Waals surface area (Å²) in [6.45, 7) is 1.15. The van der Waals surface area contributed by atoms with Gasteiger partial charge in [-0.2, -0.15) is 0 Å². The van der Waals surface area contributed by atoms with Crippen molar-refractivity contribution in [2.24, 2.45) is 5.73 Å². The van der Waals surface area contributed by atoms with Crippen LogP contribution >= 0.6 is 12.4 Å². The van der Waals surface area contributed by atoms with Crippen LogP contribution in [0.1, 0.15) is 11.1 Å². The number of hydrogen-bond acceptors (Lipinski definition) is 2. The molecule has 1 aromatic heterocycles. The molecular weight excluding hydrogens is 236 g/mol. The zero-order valence-electron chi connectivity index (χ0n) is 9.37. The summed E-state index contributed by atoms with van der Waals surface area (Å²) < 4.78 is 1.68. The maximum absolute atomic E-state index is 11.5. The second-order valence-corrected chi connectivity index (χ2v) is 3.69. The molecule has 2 rings (SSSR count). The third kappa shape index (κ3) is 3.44. The van der Waals surface area contributed by atoms with Crippen LogP contribution in [0, 0.1) is 0 Å². The zero-order valence-corrected chi connectivity index (χ0v) is 10.2. The average molecular weight is 251 g/mol. The number of pyridine rings is 1. The Morgan fingerprint density at radius 2 is 1.65 bits per heavy atom. The summed E-state index contributed by atoms with van der Waals surface area (Å²) in [5.41, 5.74) is 7.74. The van der Waals surface area contributed by atoms with Gasteiger partial charge in [0.05, 0.1) is 6.54 Å². The Balaban J connectivity index is 0.00000144. The molecule has 4 heteroatoms. The van der Waals surface area contributed by atoms with Gasteiger partial charge in [-0.15, -0.1) is 12.4 Å². The number of rotatable bonds is 3. The van der Waals surface area contributed by atoms with Gasteiger partial charge in [-0.05, 0) is 17.2 Å². The second kappa shape index (κ2) is 6.23. The first kappa shape index (κ1) is 13.5. The third-order valence-electron chi connectivity index (χ3n) is 2.51. The maximum atomic E-state index is 11.5. The van der Waals surface area contributed by atoms with Crippen LogP contribution in [0.25, 0.3) is 0 Å². The van der Waals surface area contributed by atoms with Crippen LogP contribution < -0.4 is 11.3 Å². The number of benzene rings is 1. The molecule has 0 amide bonds. The lowest BCUT2D eigenvalue weighted by molar-refractivity contribution is 0.759. The summed E-state index contributed by atoms with van der Waals surface area (Å²) in [7, 11) is 0. The van der Waals surface area contributed by atoms with Gasteiger partial charge in [0.2, 0.25) is 0 Å². The molecule has 2 aromatic rings. The van der Waals surface area contributed by atoms with Gasteiger partial charge >= 0.3 is 0 Å². The molecule has 0 bridgehead atoms. The molecule has 0 aliphatic heterocycles. The number of hydrogen-bond donors (Lipinski definition) is 1. The van der Waals surface area contributed by atoms with E-state index in [9.17, 15) is 4.79 Å². The van der Waals surface area contributed by atoms with Crippen molar-refractivity contribution in [3.05, 3.63) is 70.1 Å². The summed E-state index contributed by atoms with van der Waals surface area (Å²) in [5.74, 6) is 0. The fraction of sp³-hybridized carbons (Fsp3) is 0.154. The third-order valence-corrected chi connectivity index (χ3v) is 2.51. The summed E-state index contributed by atoms with van der Waals surface area (Å²) >= 11 is 0. The van der Waals surface area contributed by atoms with Crippen LogP contribution in [0.15, 0.2) is 53.5 Å². The van der Waals surface area contributed by atoms with Crippen molar-refractivity contribution in [2.45, 2.75) is 13.1 Å². The molecule has 17 heavy (non-hydrogen) atoms. The minimum absolute atomic E-state index is 0. The fourth-order valence-corrected chi connectivity index (χ4v) is 1.57. The Morgan fingerprint density at radius 3 is 2.24 bits per heavy atom. The van der Waals surface area contributed by atoms with Gasteiger partial charge in [0.25, 0.3) is 5.56 Å². The van der Waals surface area contributed by atoms with Gasteiger partial charge < -0.3 is 10.3 Å². The highest BCUT2D eigenvalue weighted by Gasteiger charge is 1.96. The van der Waals surface area contributed by atoms with Crippen molar-refractivity contribution in [3.63, 3.8) is 0 Å². The Kier molecular flexibility index (Phi) is 4.94. The van der Waals surface area contributed by atoms with E-state index in [0.717, 1.165) is 11.1 Å².